The van der Waals surface area contributed by atoms with Gasteiger partial charge in [0.05, 0.1) is 18.8 Å². The van der Waals surface area contributed by atoms with Crippen LogP contribution in [0.25, 0.3) is 10.9 Å². The Morgan fingerprint density at radius 1 is 1.03 bits per heavy atom. The molecule has 3 heterocycles. The smallest absolute Gasteiger partial charge is 0.253 e. The van der Waals surface area contributed by atoms with Crippen molar-refractivity contribution in [1.82, 2.24) is 30.1 Å². The normalized spacial score (nSPS) is 15.3. The van der Waals surface area contributed by atoms with E-state index in [2.05, 4.69) is 50.5 Å². The van der Waals surface area contributed by atoms with Crippen LogP contribution in [0.3, 0.4) is 0 Å². The second-order valence-electron chi connectivity index (χ2n) is 10.7. The zero-order chi connectivity index (χ0) is 26.8. The van der Waals surface area contributed by atoms with E-state index in [0.29, 0.717) is 24.5 Å². The van der Waals surface area contributed by atoms with Crippen molar-refractivity contribution in [2.45, 2.75) is 71.1 Å². The van der Waals surface area contributed by atoms with E-state index in [9.17, 15) is 4.79 Å². The van der Waals surface area contributed by atoms with Gasteiger partial charge in [0, 0.05) is 23.0 Å². The maximum Gasteiger partial charge on any atom is 0.253 e. The lowest BCUT2D eigenvalue weighted by Gasteiger charge is -2.32. The van der Waals surface area contributed by atoms with E-state index < -0.39 is 6.04 Å². The predicted octanol–water partition coefficient (Wildman–Crippen LogP) is 6.02. The van der Waals surface area contributed by atoms with Gasteiger partial charge in [0.2, 0.25) is 0 Å². The number of tetrazole rings is 1. The van der Waals surface area contributed by atoms with Crippen LogP contribution >= 0.6 is 0 Å². The van der Waals surface area contributed by atoms with Gasteiger partial charge in [-0.15, -0.1) is 5.10 Å². The van der Waals surface area contributed by atoms with Crippen LogP contribution in [0.15, 0.2) is 76.1 Å². The van der Waals surface area contributed by atoms with E-state index in [1.165, 1.54) is 6.42 Å². The third-order valence-electron chi connectivity index (χ3n) is 7.85. The van der Waals surface area contributed by atoms with Crippen molar-refractivity contribution >= 4 is 10.9 Å². The molecule has 0 radical (unpaired) electrons. The number of aromatic nitrogens is 5. The number of hydrogen-bond donors (Lipinski definition) is 1. The van der Waals surface area contributed by atoms with Crippen molar-refractivity contribution in [3.05, 3.63) is 111 Å². The Morgan fingerprint density at radius 3 is 2.62 bits per heavy atom. The van der Waals surface area contributed by atoms with Crippen molar-refractivity contribution < 1.29 is 4.42 Å². The Balaban J connectivity index is 1.54. The number of nitrogens with one attached hydrogen (secondary N) is 1. The van der Waals surface area contributed by atoms with Gasteiger partial charge in [0.25, 0.3) is 5.56 Å². The van der Waals surface area contributed by atoms with Crippen molar-refractivity contribution in [3.63, 3.8) is 0 Å². The lowest BCUT2D eigenvalue weighted by molar-refractivity contribution is 0.173. The lowest BCUT2D eigenvalue weighted by Crippen LogP contribution is -2.35. The van der Waals surface area contributed by atoms with Crippen LogP contribution in [-0.2, 0) is 13.1 Å². The summed E-state index contributed by atoms with van der Waals surface area (Å²) in [6.45, 7) is 5.22. The number of pyridine rings is 1. The topological polar surface area (TPSA) is 92.8 Å². The average Bonchev–Trinajstić information content (AvgIpc) is 3.63. The molecule has 8 nitrogen and oxygen atoms in total. The van der Waals surface area contributed by atoms with E-state index in [4.69, 9.17) is 4.42 Å². The zero-order valence-corrected chi connectivity index (χ0v) is 22.5. The van der Waals surface area contributed by atoms with Crippen LogP contribution in [0.4, 0.5) is 0 Å². The van der Waals surface area contributed by atoms with Gasteiger partial charge in [-0.2, -0.15) is 0 Å². The number of furan rings is 1. The molecule has 1 N–H and O–H groups in total. The van der Waals surface area contributed by atoms with E-state index in [1.54, 1.807) is 6.26 Å². The summed E-state index contributed by atoms with van der Waals surface area (Å²) in [6.07, 6.45) is 7.31. The molecule has 1 fully saturated rings. The first-order chi connectivity index (χ1) is 19.1. The molecule has 8 heteroatoms. The summed E-state index contributed by atoms with van der Waals surface area (Å²) in [5.41, 5.74) is 4.71. The number of aromatic amines is 1. The van der Waals surface area contributed by atoms with E-state index in [0.717, 1.165) is 59.0 Å². The number of nitrogens with zero attached hydrogens (tertiary/aromatic N) is 5. The molecule has 2 aromatic carbocycles. The maximum atomic E-state index is 13.9. The van der Waals surface area contributed by atoms with E-state index in [1.807, 2.05) is 54.1 Å². The fraction of sp³-hybridized carbons (Fsp3) is 0.355. The molecule has 1 aliphatic carbocycles. The largest absolute Gasteiger partial charge is 0.468 e. The molecular weight excluding hydrogens is 488 g/mol. The molecule has 0 saturated heterocycles. The molecule has 0 amide bonds. The van der Waals surface area contributed by atoms with Crippen LogP contribution < -0.4 is 5.56 Å². The number of aryl methyl sites for hydroxylation is 2. The van der Waals surface area contributed by atoms with Crippen molar-refractivity contribution in [2.24, 2.45) is 0 Å². The molecule has 6 rings (SSSR count). The Labute approximate surface area is 227 Å². The molecular formula is C31H34N6O2. The molecule has 1 unspecified atom stereocenters. The molecule has 1 saturated carbocycles. The number of benzene rings is 2. The average molecular weight is 523 g/mol. The number of fused-ring (bicyclic) bond motifs is 1. The zero-order valence-electron chi connectivity index (χ0n) is 22.5. The monoisotopic (exact) mass is 522 g/mol. The summed E-state index contributed by atoms with van der Waals surface area (Å²) in [5.74, 6) is 1.51. The van der Waals surface area contributed by atoms with Crippen molar-refractivity contribution in [1.29, 1.82) is 0 Å². The van der Waals surface area contributed by atoms with Crippen molar-refractivity contribution in [3.8, 4) is 0 Å². The van der Waals surface area contributed by atoms with Gasteiger partial charge in [0.15, 0.2) is 5.82 Å². The molecule has 0 spiro atoms. The highest BCUT2D eigenvalue weighted by molar-refractivity contribution is 5.83. The second kappa shape index (κ2) is 11.0. The second-order valence-corrected chi connectivity index (χ2v) is 10.7. The van der Waals surface area contributed by atoms with Gasteiger partial charge in [-0.05, 0) is 78.1 Å². The van der Waals surface area contributed by atoms with Crippen LogP contribution in [0.5, 0.6) is 0 Å². The molecule has 1 aliphatic rings. The Morgan fingerprint density at radius 2 is 1.85 bits per heavy atom. The summed E-state index contributed by atoms with van der Waals surface area (Å²) >= 11 is 0. The summed E-state index contributed by atoms with van der Waals surface area (Å²) in [4.78, 5) is 19.3. The van der Waals surface area contributed by atoms with E-state index in [-0.39, 0.29) is 11.6 Å². The van der Waals surface area contributed by atoms with Gasteiger partial charge >= 0.3 is 0 Å². The summed E-state index contributed by atoms with van der Waals surface area (Å²) in [6, 6.07) is 20.1. The Kier molecular flexibility index (Phi) is 7.11. The SMILES string of the molecule is Cc1cc(C)c2cc(C(c3nnnn3C3CCCCC3)N(Cc3ccccc3)Cc3ccco3)c(=O)[nH]c2c1. The van der Waals surface area contributed by atoms with Crippen LogP contribution in [-0.4, -0.2) is 30.1 Å². The van der Waals surface area contributed by atoms with E-state index >= 15 is 0 Å². The summed E-state index contributed by atoms with van der Waals surface area (Å²) in [5, 5.41) is 14.3. The fourth-order valence-electron chi connectivity index (χ4n) is 6.02. The predicted molar refractivity (Wildman–Crippen MR) is 150 cm³/mol. The lowest BCUT2D eigenvalue weighted by atomic mass is 9.94. The Hall–Kier alpha value is -4.04. The standard InChI is InChI=1S/C31H34N6O2/c1-21-16-22(2)26-18-27(31(38)32-28(26)17-21)29(30-33-34-35-37(30)24-12-7-4-8-13-24)36(20-25-14-9-15-39-25)19-23-10-5-3-6-11-23/h3,5-6,9-11,14-18,24,29H,4,7-8,12-13,19-20H2,1-2H3,(H,32,38). The van der Waals surface area contributed by atoms with Gasteiger partial charge < -0.3 is 9.40 Å². The van der Waals surface area contributed by atoms with Crippen LogP contribution in [0, 0.1) is 13.8 Å². The third-order valence-corrected chi connectivity index (χ3v) is 7.85. The molecule has 3 aromatic heterocycles. The van der Waals surface area contributed by atoms with Crippen LogP contribution in [0.1, 0.15) is 78.0 Å². The number of H-pyrrole nitrogens is 1. The minimum Gasteiger partial charge on any atom is -0.468 e. The minimum absolute atomic E-state index is 0.131. The molecule has 5 aromatic rings. The fourth-order valence-corrected chi connectivity index (χ4v) is 6.02. The maximum absolute atomic E-state index is 13.9. The minimum atomic E-state index is -0.485. The molecule has 1 atom stereocenters. The first-order valence-electron chi connectivity index (χ1n) is 13.8. The van der Waals surface area contributed by atoms with Crippen molar-refractivity contribution in [2.75, 3.05) is 0 Å². The Bertz CT molecular complexity index is 1600. The summed E-state index contributed by atoms with van der Waals surface area (Å²) < 4.78 is 7.78. The number of rotatable bonds is 8. The molecule has 200 valence electrons. The molecule has 0 aliphatic heterocycles. The highest BCUT2D eigenvalue weighted by Crippen LogP contribution is 2.35. The summed E-state index contributed by atoms with van der Waals surface area (Å²) in [7, 11) is 0. The first-order valence-corrected chi connectivity index (χ1v) is 13.8. The third kappa shape index (κ3) is 5.29. The van der Waals surface area contributed by atoms with Gasteiger partial charge in [-0.3, -0.25) is 9.69 Å². The van der Waals surface area contributed by atoms with Crippen LogP contribution in [0.2, 0.25) is 0 Å². The first kappa shape index (κ1) is 25.2. The molecule has 0 bridgehead atoms. The quantitative estimate of drug-likeness (QED) is 0.268. The number of hydrogen-bond acceptors (Lipinski definition) is 6. The molecule has 39 heavy (non-hydrogen) atoms. The van der Waals surface area contributed by atoms with Gasteiger partial charge in [0.1, 0.15) is 11.8 Å². The highest BCUT2D eigenvalue weighted by atomic mass is 16.3. The van der Waals surface area contributed by atoms with Gasteiger partial charge in [-0.25, -0.2) is 4.68 Å². The van der Waals surface area contributed by atoms with Gasteiger partial charge in [-0.1, -0.05) is 55.7 Å². The highest BCUT2D eigenvalue weighted by Gasteiger charge is 2.33.